The monoisotopic (exact) mass is 181 g/mol. The van der Waals surface area contributed by atoms with Crippen LogP contribution in [0, 0.1) is 0 Å². The van der Waals surface area contributed by atoms with E-state index in [0.29, 0.717) is 23.8 Å². The third-order valence-electron chi connectivity index (χ3n) is 1.76. The summed E-state index contributed by atoms with van der Waals surface area (Å²) in [4.78, 5) is 5.25. The van der Waals surface area contributed by atoms with Gasteiger partial charge in [0.15, 0.2) is 12.0 Å². The van der Waals surface area contributed by atoms with E-state index in [9.17, 15) is 0 Å². The Morgan fingerprint density at radius 2 is 2.31 bits per heavy atom. The standard InChI is InChI=1S/C7H11N5O/c1-2-13-11-4-10-12-6(9)3-5(8)7(11)12/h3-4H,2,8-9H2,1H3. The van der Waals surface area contributed by atoms with Gasteiger partial charge in [-0.2, -0.15) is 14.3 Å². The molecule has 0 spiro atoms. The zero-order valence-electron chi connectivity index (χ0n) is 7.27. The second kappa shape index (κ2) is 2.58. The molecule has 0 atom stereocenters. The van der Waals surface area contributed by atoms with Crippen LogP contribution in [-0.4, -0.2) is 21.0 Å². The van der Waals surface area contributed by atoms with Crippen LogP contribution in [0.1, 0.15) is 6.92 Å². The highest BCUT2D eigenvalue weighted by Gasteiger charge is 2.10. The summed E-state index contributed by atoms with van der Waals surface area (Å²) >= 11 is 0. The molecule has 0 aliphatic rings. The van der Waals surface area contributed by atoms with Gasteiger partial charge in [-0.15, -0.1) is 0 Å². The van der Waals surface area contributed by atoms with E-state index >= 15 is 0 Å². The molecule has 0 saturated heterocycles. The predicted molar refractivity (Wildman–Crippen MR) is 49.1 cm³/mol. The van der Waals surface area contributed by atoms with E-state index in [-0.39, 0.29) is 0 Å². The summed E-state index contributed by atoms with van der Waals surface area (Å²) in [5.41, 5.74) is 12.6. The van der Waals surface area contributed by atoms with E-state index in [0.717, 1.165) is 0 Å². The molecule has 2 aromatic heterocycles. The molecule has 6 heteroatoms. The van der Waals surface area contributed by atoms with Crippen molar-refractivity contribution in [3.8, 4) is 0 Å². The number of nitrogens with zero attached hydrogens (tertiary/aromatic N) is 3. The van der Waals surface area contributed by atoms with Crippen LogP contribution in [0.4, 0.5) is 11.5 Å². The topological polar surface area (TPSA) is 83.5 Å². The Hall–Kier alpha value is -1.85. The van der Waals surface area contributed by atoms with Gasteiger partial charge in [-0.05, 0) is 6.92 Å². The van der Waals surface area contributed by atoms with Gasteiger partial charge in [0.2, 0.25) is 0 Å². The highest BCUT2D eigenvalue weighted by atomic mass is 16.7. The van der Waals surface area contributed by atoms with Crippen LogP contribution in [0.3, 0.4) is 0 Å². The summed E-state index contributed by atoms with van der Waals surface area (Å²) in [7, 11) is 0. The minimum atomic E-state index is 0.506. The molecular weight excluding hydrogens is 170 g/mol. The number of hydrogen-bond acceptors (Lipinski definition) is 4. The van der Waals surface area contributed by atoms with Crippen molar-refractivity contribution in [3.05, 3.63) is 12.4 Å². The van der Waals surface area contributed by atoms with Gasteiger partial charge in [-0.25, -0.2) is 0 Å². The molecule has 0 bridgehead atoms. The SMILES string of the molecule is CCOn1cnn2c(N)cc(N)c12. The molecule has 2 aromatic rings. The zero-order valence-corrected chi connectivity index (χ0v) is 7.27. The fourth-order valence-electron chi connectivity index (χ4n) is 1.26. The molecule has 2 heterocycles. The summed E-state index contributed by atoms with van der Waals surface area (Å²) in [6.07, 6.45) is 1.53. The highest BCUT2D eigenvalue weighted by Crippen LogP contribution is 2.18. The molecule has 0 unspecified atom stereocenters. The normalized spacial score (nSPS) is 10.8. The second-order valence-corrected chi connectivity index (χ2v) is 2.63. The Bertz CT molecular complexity index is 429. The van der Waals surface area contributed by atoms with Crippen molar-refractivity contribution in [2.75, 3.05) is 18.1 Å². The highest BCUT2D eigenvalue weighted by molar-refractivity contribution is 5.71. The number of nitrogen functional groups attached to an aromatic ring is 2. The lowest BCUT2D eigenvalue weighted by Gasteiger charge is -2.01. The average Bonchev–Trinajstić information content (AvgIpc) is 2.58. The lowest BCUT2D eigenvalue weighted by Crippen LogP contribution is -2.09. The average molecular weight is 181 g/mol. The van der Waals surface area contributed by atoms with Gasteiger partial charge < -0.3 is 16.3 Å². The first-order valence-electron chi connectivity index (χ1n) is 3.97. The van der Waals surface area contributed by atoms with Crippen LogP contribution in [0.15, 0.2) is 12.4 Å². The number of anilines is 2. The molecule has 70 valence electrons. The van der Waals surface area contributed by atoms with Gasteiger partial charge in [0.05, 0.1) is 5.69 Å². The Kier molecular flexibility index (Phi) is 1.54. The number of rotatable bonds is 2. The van der Waals surface area contributed by atoms with Gasteiger partial charge in [0.25, 0.3) is 0 Å². The van der Waals surface area contributed by atoms with Crippen LogP contribution in [-0.2, 0) is 0 Å². The van der Waals surface area contributed by atoms with E-state index < -0.39 is 0 Å². The fraction of sp³-hybridized carbons (Fsp3) is 0.286. The summed E-state index contributed by atoms with van der Waals surface area (Å²) in [6.45, 7) is 2.44. The summed E-state index contributed by atoms with van der Waals surface area (Å²) in [5.74, 6) is 0.506. The smallest absolute Gasteiger partial charge is 0.196 e. The second-order valence-electron chi connectivity index (χ2n) is 2.63. The van der Waals surface area contributed by atoms with Crippen molar-refractivity contribution < 1.29 is 4.84 Å². The van der Waals surface area contributed by atoms with E-state index in [1.165, 1.54) is 15.6 Å². The maximum atomic E-state index is 5.71. The predicted octanol–water partition coefficient (Wildman–Crippen LogP) is -0.251. The van der Waals surface area contributed by atoms with Crippen LogP contribution in [0.2, 0.25) is 0 Å². The summed E-state index contributed by atoms with van der Waals surface area (Å²) < 4.78 is 3.04. The first kappa shape index (κ1) is 7.78. The third kappa shape index (κ3) is 0.986. The first-order chi connectivity index (χ1) is 6.24. The molecular formula is C7H11N5O. The summed E-state index contributed by atoms with van der Waals surface area (Å²) in [5, 5.41) is 4.01. The van der Waals surface area contributed by atoms with Gasteiger partial charge >= 0.3 is 0 Å². The number of nitrogens with two attached hydrogens (primary N) is 2. The lowest BCUT2D eigenvalue weighted by molar-refractivity contribution is 0.131. The number of aromatic nitrogens is 3. The molecule has 0 amide bonds. The number of fused-ring (bicyclic) bond motifs is 1. The van der Waals surface area contributed by atoms with Crippen LogP contribution >= 0.6 is 0 Å². The van der Waals surface area contributed by atoms with Crippen molar-refractivity contribution >= 4 is 17.2 Å². The fourth-order valence-corrected chi connectivity index (χ4v) is 1.26. The van der Waals surface area contributed by atoms with Gasteiger partial charge in [-0.3, -0.25) is 0 Å². The molecule has 0 saturated carbocycles. The Balaban J connectivity index is 2.64. The van der Waals surface area contributed by atoms with E-state index in [1.807, 2.05) is 6.92 Å². The Morgan fingerprint density at radius 1 is 1.54 bits per heavy atom. The lowest BCUT2D eigenvalue weighted by atomic mass is 10.5. The van der Waals surface area contributed by atoms with Crippen molar-refractivity contribution in [1.82, 2.24) is 14.3 Å². The molecule has 0 radical (unpaired) electrons. The minimum absolute atomic E-state index is 0.506. The molecule has 0 aromatic carbocycles. The quantitative estimate of drug-likeness (QED) is 0.669. The minimum Gasteiger partial charge on any atom is -0.411 e. The molecule has 4 N–H and O–H groups in total. The Labute approximate surface area is 74.6 Å². The zero-order chi connectivity index (χ0) is 9.42. The van der Waals surface area contributed by atoms with E-state index in [1.54, 1.807) is 6.07 Å². The first-order valence-corrected chi connectivity index (χ1v) is 3.97. The van der Waals surface area contributed by atoms with Gasteiger partial charge in [0, 0.05) is 6.07 Å². The molecule has 0 aliphatic carbocycles. The van der Waals surface area contributed by atoms with Crippen LogP contribution in [0.5, 0.6) is 0 Å². The van der Waals surface area contributed by atoms with Crippen molar-refractivity contribution in [3.63, 3.8) is 0 Å². The molecule has 2 rings (SSSR count). The molecule has 0 aliphatic heterocycles. The van der Waals surface area contributed by atoms with Crippen LogP contribution in [0.25, 0.3) is 5.65 Å². The maximum absolute atomic E-state index is 5.71. The van der Waals surface area contributed by atoms with E-state index in [2.05, 4.69) is 5.10 Å². The van der Waals surface area contributed by atoms with Crippen LogP contribution < -0.4 is 16.3 Å². The summed E-state index contributed by atoms with van der Waals surface area (Å²) in [6, 6.07) is 1.65. The van der Waals surface area contributed by atoms with Crippen molar-refractivity contribution in [2.24, 2.45) is 0 Å². The molecule has 6 nitrogen and oxygen atoms in total. The maximum Gasteiger partial charge on any atom is 0.196 e. The molecule has 0 fully saturated rings. The van der Waals surface area contributed by atoms with Gasteiger partial charge in [-0.1, -0.05) is 0 Å². The molecule has 13 heavy (non-hydrogen) atoms. The third-order valence-corrected chi connectivity index (χ3v) is 1.76. The van der Waals surface area contributed by atoms with Crippen molar-refractivity contribution in [1.29, 1.82) is 0 Å². The largest absolute Gasteiger partial charge is 0.411 e. The van der Waals surface area contributed by atoms with E-state index in [4.69, 9.17) is 16.3 Å². The number of hydrogen-bond donors (Lipinski definition) is 2. The Morgan fingerprint density at radius 3 is 3.00 bits per heavy atom. The van der Waals surface area contributed by atoms with Crippen molar-refractivity contribution in [2.45, 2.75) is 6.92 Å². The van der Waals surface area contributed by atoms with Gasteiger partial charge in [0.1, 0.15) is 12.4 Å².